The molecule has 1 fully saturated rings. The van der Waals surface area contributed by atoms with Gasteiger partial charge in [0.2, 0.25) is 0 Å². The molecule has 0 atom stereocenters. The Morgan fingerprint density at radius 1 is 1.47 bits per heavy atom. The standard InChI is InChI=1S/C13H17FN2O/c14-11-5-1-4-10(12(11)15)13(17)16-8-2-3-9-6-7-9/h1,4-5,9H,2-3,6-8,15H2,(H,16,17). The number of nitrogen functional groups attached to an aromatic ring is 1. The van der Waals surface area contributed by atoms with Gasteiger partial charge < -0.3 is 11.1 Å². The molecule has 1 aromatic rings. The molecular weight excluding hydrogens is 219 g/mol. The first-order valence-electron chi connectivity index (χ1n) is 6.00. The van der Waals surface area contributed by atoms with Gasteiger partial charge in [-0.25, -0.2) is 4.39 Å². The smallest absolute Gasteiger partial charge is 0.253 e. The molecule has 1 amide bonds. The summed E-state index contributed by atoms with van der Waals surface area (Å²) in [5.41, 5.74) is 5.65. The first-order chi connectivity index (χ1) is 8.18. The number of nitrogens with two attached hydrogens (primary N) is 1. The second kappa shape index (κ2) is 5.17. The Morgan fingerprint density at radius 2 is 2.24 bits per heavy atom. The summed E-state index contributed by atoms with van der Waals surface area (Å²) in [6, 6.07) is 4.28. The second-order valence-electron chi connectivity index (χ2n) is 4.54. The molecule has 2 rings (SSSR count). The third-order valence-corrected chi connectivity index (χ3v) is 3.07. The fraction of sp³-hybridized carbons (Fsp3) is 0.462. The predicted octanol–water partition coefficient (Wildman–Crippen LogP) is 2.33. The van der Waals surface area contributed by atoms with Crippen LogP contribution in [0.3, 0.4) is 0 Å². The molecule has 92 valence electrons. The van der Waals surface area contributed by atoms with Crippen LogP contribution in [0.2, 0.25) is 0 Å². The Labute approximate surface area is 100 Å². The summed E-state index contributed by atoms with van der Waals surface area (Å²) in [7, 11) is 0. The van der Waals surface area contributed by atoms with Crippen LogP contribution >= 0.6 is 0 Å². The fourth-order valence-electron chi connectivity index (χ4n) is 1.83. The van der Waals surface area contributed by atoms with Crippen molar-refractivity contribution in [3.63, 3.8) is 0 Å². The molecule has 0 unspecified atom stereocenters. The number of anilines is 1. The minimum Gasteiger partial charge on any atom is -0.396 e. The average molecular weight is 236 g/mol. The zero-order valence-electron chi connectivity index (χ0n) is 9.71. The summed E-state index contributed by atoms with van der Waals surface area (Å²) < 4.78 is 13.1. The van der Waals surface area contributed by atoms with Gasteiger partial charge >= 0.3 is 0 Å². The van der Waals surface area contributed by atoms with Crippen LogP contribution < -0.4 is 11.1 Å². The summed E-state index contributed by atoms with van der Waals surface area (Å²) in [6.45, 7) is 0.630. The van der Waals surface area contributed by atoms with Crippen LogP contribution in [-0.2, 0) is 0 Å². The Hall–Kier alpha value is -1.58. The van der Waals surface area contributed by atoms with Crippen molar-refractivity contribution in [2.75, 3.05) is 12.3 Å². The zero-order chi connectivity index (χ0) is 12.3. The van der Waals surface area contributed by atoms with Gasteiger partial charge in [0.25, 0.3) is 5.91 Å². The van der Waals surface area contributed by atoms with Crippen molar-refractivity contribution < 1.29 is 9.18 Å². The Balaban J connectivity index is 1.83. The number of hydrogen-bond acceptors (Lipinski definition) is 2. The van der Waals surface area contributed by atoms with Gasteiger partial charge in [-0.05, 0) is 30.9 Å². The van der Waals surface area contributed by atoms with E-state index in [1.165, 1.54) is 37.5 Å². The van der Waals surface area contributed by atoms with Crippen LogP contribution in [0.25, 0.3) is 0 Å². The largest absolute Gasteiger partial charge is 0.396 e. The van der Waals surface area contributed by atoms with E-state index in [-0.39, 0.29) is 17.2 Å². The van der Waals surface area contributed by atoms with Gasteiger partial charge in [0.15, 0.2) is 0 Å². The Morgan fingerprint density at radius 3 is 2.94 bits per heavy atom. The average Bonchev–Trinajstić information content (AvgIpc) is 3.12. The summed E-state index contributed by atoms with van der Waals surface area (Å²) in [4.78, 5) is 11.7. The van der Waals surface area contributed by atoms with Crippen molar-refractivity contribution in [3.8, 4) is 0 Å². The molecule has 1 aromatic carbocycles. The molecule has 3 N–H and O–H groups in total. The van der Waals surface area contributed by atoms with Crippen LogP contribution in [0.1, 0.15) is 36.0 Å². The third kappa shape index (κ3) is 3.19. The van der Waals surface area contributed by atoms with Crippen LogP contribution in [-0.4, -0.2) is 12.5 Å². The van der Waals surface area contributed by atoms with Crippen molar-refractivity contribution in [1.29, 1.82) is 0 Å². The fourth-order valence-corrected chi connectivity index (χ4v) is 1.83. The molecule has 17 heavy (non-hydrogen) atoms. The number of benzene rings is 1. The molecule has 1 saturated carbocycles. The Bertz CT molecular complexity index is 416. The topological polar surface area (TPSA) is 55.1 Å². The summed E-state index contributed by atoms with van der Waals surface area (Å²) in [5.74, 6) is 0.0274. The van der Waals surface area contributed by atoms with E-state index in [0.717, 1.165) is 12.3 Å². The first kappa shape index (κ1) is 11.9. The molecule has 0 spiro atoms. The van der Waals surface area contributed by atoms with Gasteiger partial charge in [-0.15, -0.1) is 0 Å². The highest BCUT2D eigenvalue weighted by Crippen LogP contribution is 2.33. The molecule has 1 aliphatic rings. The summed E-state index contributed by atoms with van der Waals surface area (Å²) in [5, 5.41) is 2.76. The lowest BCUT2D eigenvalue weighted by Crippen LogP contribution is -2.25. The molecule has 0 radical (unpaired) electrons. The lowest BCUT2D eigenvalue weighted by atomic mass is 10.1. The zero-order valence-corrected chi connectivity index (χ0v) is 9.71. The van der Waals surface area contributed by atoms with Gasteiger partial charge in [-0.3, -0.25) is 4.79 Å². The van der Waals surface area contributed by atoms with E-state index in [4.69, 9.17) is 5.73 Å². The highest BCUT2D eigenvalue weighted by atomic mass is 19.1. The number of nitrogens with one attached hydrogen (secondary N) is 1. The van der Waals surface area contributed by atoms with E-state index in [1.54, 1.807) is 0 Å². The maximum Gasteiger partial charge on any atom is 0.253 e. The van der Waals surface area contributed by atoms with E-state index in [1.807, 2.05) is 0 Å². The molecular formula is C13H17FN2O. The molecule has 4 heteroatoms. The molecule has 3 nitrogen and oxygen atoms in total. The van der Waals surface area contributed by atoms with E-state index >= 15 is 0 Å². The minimum absolute atomic E-state index is 0.0767. The number of carbonyl (C=O) groups is 1. The third-order valence-electron chi connectivity index (χ3n) is 3.07. The van der Waals surface area contributed by atoms with E-state index in [9.17, 15) is 9.18 Å². The number of amides is 1. The minimum atomic E-state index is -0.546. The summed E-state index contributed by atoms with van der Waals surface area (Å²) in [6.07, 6.45) is 4.79. The van der Waals surface area contributed by atoms with Gasteiger partial charge in [-0.1, -0.05) is 18.9 Å². The van der Waals surface area contributed by atoms with Gasteiger partial charge in [0.05, 0.1) is 11.3 Å². The number of halogens is 1. The van der Waals surface area contributed by atoms with E-state index < -0.39 is 5.82 Å². The maximum atomic E-state index is 13.1. The molecule has 0 saturated heterocycles. The van der Waals surface area contributed by atoms with Crippen molar-refractivity contribution in [3.05, 3.63) is 29.6 Å². The van der Waals surface area contributed by atoms with E-state index in [0.29, 0.717) is 6.54 Å². The lowest BCUT2D eigenvalue weighted by Gasteiger charge is -2.07. The second-order valence-corrected chi connectivity index (χ2v) is 4.54. The Kier molecular flexibility index (Phi) is 3.61. The highest BCUT2D eigenvalue weighted by Gasteiger charge is 2.20. The van der Waals surface area contributed by atoms with Crippen molar-refractivity contribution in [2.24, 2.45) is 5.92 Å². The number of hydrogen-bond donors (Lipinski definition) is 2. The van der Waals surface area contributed by atoms with Crippen molar-refractivity contribution in [1.82, 2.24) is 5.32 Å². The SMILES string of the molecule is Nc1c(F)cccc1C(=O)NCCCC1CC1. The molecule has 0 aliphatic heterocycles. The predicted molar refractivity (Wildman–Crippen MR) is 65.1 cm³/mol. The molecule has 0 aromatic heterocycles. The van der Waals surface area contributed by atoms with Crippen LogP contribution in [0.5, 0.6) is 0 Å². The molecule has 1 aliphatic carbocycles. The highest BCUT2D eigenvalue weighted by molar-refractivity contribution is 5.99. The quantitative estimate of drug-likeness (QED) is 0.609. The van der Waals surface area contributed by atoms with Crippen LogP contribution in [0.4, 0.5) is 10.1 Å². The lowest BCUT2D eigenvalue weighted by molar-refractivity contribution is 0.0953. The number of para-hydroxylation sites is 1. The molecule has 0 heterocycles. The summed E-state index contributed by atoms with van der Waals surface area (Å²) >= 11 is 0. The monoisotopic (exact) mass is 236 g/mol. The molecule has 0 bridgehead atoms. The normalized spacial score (nSPS) is 14.6. The number of rotatable bonds is 5. The number of carbonyl (C=O) groups excluding carboxylic acids is 1. The maximum absolute atomic E-state index is 13.1. The first-order valence-corrected chi connectivity index (χ1v) is 6.00. The van der Waals surface area contributed by atoms with E-state index in [2.05, 4.69) is 5.32 Å². The van der Waals surface area contributed by atoms with Crippen molar-refractivity contribution >= 4 is 11.6 Å². The van der Waals surface area contributed by atoms with Crippen LogP contribution in [0.15, 0.2) is 18.2 Å². The van der Waals surface area contributed by atoms with Gasteiger partial charge in [-0.2, -0.15) is 0 Å². The van der Waals surface area contributed by atoms with Gasteiger partial charge in [0, 0.05) is 6.54 Å². The van der Waals surface area contributed by atoms with Gasteiger partial charge in [0.1, 0.15) is 5.82 Å². The van der Waals surface area contributed by atoms with Crippen molar-refractivity contribution in [2.45, 2.75) is 25.7 Å². The van der Waals surface area contributed by atoms with Crippen LogP contribution in [0, 0.1) is 11.7 Å².